The number of ether oxygens (including phenoxy) is 1. The summed E-state index contributed by atoms with van der Waals surface area (Å²) in [7, 11) is 0. The second kappa shape index (κ2) is 8.88. The first-order valence-electron chi connectivity index (χ1n) is 8.49. The Morgan fingerprint density at radius 3 is 2.59 bits per heavy atom. The third kappa shape index (κ3) is 4.90. The molecule has 3 rings (SSSR count). The number of hydrogen-bond donors (Lipinski definition) is 1. The van der Waals surface area contributed by atoms with E-state index in [0.717, 1.165) is 22.0 Å². The third-order valence-electron chi connectivity index (χ3n) is 3.98. The number of imide groups is 1. The van der Waals surface area contributed by atoms with Crippen molar-refractivity contribution < 1.29 is 14.3 Å². The molecule has 1 aliphatic rings. The van der Waals surface area contributed by atoms with Crippen molar-refractivity contribution in [1.82, 2.24) is 10.2 Å². The highest BCUT2D eigenvalue weighted by molar-refractivity contribution is 14.1. The standard InChI is InChI=1S/C20H18BrIN2O3/c1-2-9-24-19(25)17(23-20(24)26)11-14-5-8-18(16(21)10-14)27-12-13-3-6-15(22)7-4-13/h3-8,10-11H,2,9,12H2,1H3,(H,23,26)/b17-11+. The van der Waals surface area contributed by atoms with Crippen LogP contribution in [0, 0.1) is 3.57 Å². The molecule has 0 aliphatic carbocycles. The van der Waals surface area contributed by atoms with Crippen molar-refractivity contribution in [3.05, 3.63) is 67.3 Å². The molecule has 0 radical (unpaired) electrons. The van der Waals surface area contributed by atoms with Gasteiger partial charge in [0.1, 0.15) is 18.1 Å². The summed E-state index contributed by atoms with van der Waals surface area (Å²) in [5, 5.41) is 2.62. The Balaban J connectivity index is 1.70. The van der Waals surface area contributed by atoms with Crippen molar-refractivity contribution in [3.8, 4) is 5.75 Å². The van der Waals surface area contributed by atoms with Crippen molar-refractivity contribution in [3.63, 3.8) is 0 Å². The first kappa shape index (κ1) is 19.9. The predicted molar refractivity (Wildman–Crippen MR) is 116 cm³/mol. The molecule has 1 aliphatic heterocycles. The van der Waals surface area contributed by atoms with Gasteiger partial charge >= 0.3 is 6.03 Å². The van der Waals surface area contributed by atoms with E-state index in [1.54, 1.807) is 6.08 Å². The maximum absolute atomic E-state index is 12.3. The number of carbonyl (C=O) groups excluding carboxylic acids is 2. The first-order chi connectivity index (χ1) is 13.0. The van der Waals surface area contributed by atoms with E-state index in [0.29, 0.717) is 18.9 Å². The van der Waals surface area contributed by atoms with Gasteiger partial charge in [0.25, 0.3) is 5.91 Å². The van der Waals surface area contributed by atoms with Crippen LogP contribution in [0.3, 0.4) is 0 Å². The minimum absolute atomic E-state index is 0.285. The average molecular weight is 541 g/mol. The molecular weight excluding hydrogens is 523 g/mol. The number of urea groups is 1. The molecule has 3 amide bonds. The smallest absolute Gasteiger partial charge is 0.329 e. The summed E-state index contributed by atoms with van der Waals surface area (Å²) in [6.07, 6.45) is 2.40. The zero-order valence-corrected chi connectivity index (χ0v) is 18.4. The largest absolute Gasteiger partial charge is 0.488 e. The molecule has 27 heavy (non-hydrogen) atoms. The number of amides is 3. The zero-order chi connectivity index (χ0) is 19.4. The molecule has 5 nitrogen and oxygen atoms in total. The van der Waals surface area contributed by atoms with E-state index in [2.05, 4.69) is 43.8 Å². The van der Waals surface area contributed by atoms with Gasteiger partial charge < -0.3 is 10.1 Å². The molecule has 2 aromatic rings. The Kier molecular flexibility index (Phi) is 6.54. The lowest BCUT2D eigenvalue weighted by molar-refractivity contribution is -0.122. The Labute approximate surface area is 180 Å². The fourth-order valence-electron chi connectivity index (χ4n) is 2.63. The van der Waals surface area contributed by atoms with Crippen molar-refractivity contribution in [2.75, 3.05) is 6.54 Å². The lowest BCUT2D eigenvalue weighted by Crippen LogP contribution is -2.31. The molecule has 0 bridgehead atoms. The van der Waals surface area contributed by atoms with Gasteiger partial charge in [-0.3, -0.25) is 9.69 Å². The van der Waals surface area contributed by atoms with Crippen LogP contribution >= 0.6 is 38.5 Å². The molecule has 1 heterocycles. The van der Waals surface area contributed by atoms with Gasteiger partial charge in [0.2, 0.25) is 0 Å². The molecule has 2 aromatic carbocycles. The van der Waals surface area contributed by atoms with E-state index in [1.807, 2.05) is 49.4 Å². The van der Waals surface area contributed by atoms with Crippen LogP contribution in [0.1, 0.15) is 24.5 Å². The number of rotatable bonds is 6. The SMILES string of the molecule is CCCN1C(=O)N/C(=C/c2ccc(OCc3ccc(I)cc3)c(Br)c2)C1=O. The molecule has 0 spiro atoms. The van der Waals surface area contributed by atoms with Gasteiger partial charge in [-0.25, -0.2) is 4.79 Å². The molecule has 1 N–H and O–H groups in total. The number of nitrogens with zero attached hydrogens (tertiary/aromatic N) is 1. The molecule has 0 unspecified atom stereocenters. The van der Waals surface area contributed by atoms with Gasteiger partial charge in [-0.05, 0) is 86.4 Å². The summed E-state index contributed by atoms with van der Waals surface area (Å²) in [6, 6.07) is 13.3. The first-order valence-corrected chi connectivity index (χ1v) is 10.4. The van der Waals surface area contributed by atoms with Gasteiger partial charge in [-0.1, -0.05) is 25.1 Å². The van der Waals surface area contributed by atoms with E-state index in [1.165, 1.54) is 8.47 Å². The predicted octanol–water partition coefficient (Wildman–Crippen LogP) is 4.94. The van der Waals surface area contributed by atoms with Gasteiger partial charge in [-0.2, -0.15) is 0 Å². The maximum Gasteiger partial charge on any atom is 0.329 e. The second-order valence-corrected chi connectivity index (χ2v) is 8.15. The molecule has 0 saturated carbocycles. The van der Waals surface area contributed by atoms with E-state index < -0.39 is 0 Å². The molecule has 1 fully saturated rings. The third-order valence-corrected chi connectivity index (χ3v) is 5.32. The number of benzene rings is 2. The van der Waals surface area contributed by atoms with Gasteiger partial charge in [-0.15, -0.1) is 0 Å². The second-order valence-electron chi connectivity index (χ2n) is 6.05. The van der Waals surface area contributed by atoms with Crippen LogP contribution in [0.15, 0.2) is 52.6 Å². The lowest BCUT2D eigenvalue weighted by atomic mass is 10.2. The van der Waals surface area contributed by atoms with Gasteiger partial charge in [0.05, 0.1) is 4.47 Å². The number of nitrogens with one attached hydrogen (secondary N) is 1. The minimum atomic E-state index is -0.371. The fraction of sp³-hybridized carbons (Fsp3) is 0.200. The minimum Gasteiger partial charge on any atom is -0.488 e. The molecular formula is C20H18BrIN2O3. The van der Waals surface area contributed by atoms with Crippen LogP contribution in [0.5, 0.6) is 5.75 Å². The van der Waals surface area contributed by atoms with Crippen molar-refractivity contribution in [2.24, 2.45) is 0 Å². The summed E-state index contributed by atoms with van der Waals surface area (Å²) < 4.78 is 7.82. The van der Waals surface area contributed by atoms with E-state index in [-0.39, 0.29) is 17.6 Å². The summed E-state index contributed by atoms with van der Waals surface area (Å²) >= 11 is 5.77. The van der Waals surface area contributed by atoms with E-state index in [9.17, 15) is 9.59 Å². The Morgan fingerprint density at radius 2 is 1.93 bits per heavy atom. The molecule has 1 saturated heterocycles. The van der Waals surface area contributed by atoms with Crippen LogP contribution in [0.25, 0.3) is 6.08 Å². The van der Waals surface area contributed by atoms with Gasteiger partial charge in [0.15, 0.2) is 0 Å². The average Bonchev–Trinajstić information content (AvgIpc) is 2.90. The highest BCUT2D eigenvalue weighted by atomic mass is 127. The van der Waals surface area contributed by atoms with Gasteiger partial charge in [0, 0.05) is 10.1 Å². The van der Waals surface area contributed by atoms with Crippen molar-refractivity contribution in [1.29, 1.82) is 0 Å². The number of carbonyl (C=O) groups is 2. The summed E-state index contributed by atoms with van der Waals surface area (Å²) in [6.45, 7) is 2.81. The molecule has 140 valence electrons. The lowest BCUT2D eigenvalue weighted by Gasteiger charge is -2.09. The van der Waals surface area contributed by atoms with Crippen LogP contribution in [0.2, 0.25) is 0 Å². The Morgan fingerprint density at radius 1 is 1.19 bits per heavy atom. The summed E-state index contributed by atoms with van der Waals surface area (Å²) in [5.41, 5.74) is 2.17. The van der Waals surface area contributed by atoms with Crippen molar-refractivity contribution >= 4 is 56.5 Å². The quantitative estimate of drug-likeness (QED) is 0.321. The number of halogens is 2. The van der Waals surface area contributed by atoms with Crippen molar-refractivity contribution in [2.45, 2.75) is 20.0 Å². The van der Waals surface area contributed by atoms with Crippen LogP contribution in [-0.4, -0.2) is 23.4 Å². The van der Waals surface area contributed by atoms with Crippen LogP contribution < -0.4 is 10.1 Å². The number of hydrogen-bond acceptors (Lipinski definition) is 3. The summed E-state index contributed by atoms with van der Waals surface area (Å²) in [4.78, 5) is 25.4. The zero-order valence-electron chi connectivity index (χ0n) is 14.7. The normalized spacial score (nSPS) is 15.4. The Hall–Kier alpha value is -1.87. The maximum atomic E-state index is 12.3. The fourth-order valence-corrected chi connectivity index (χ4v) is 3.50. The highest BCUT2D eigenvalue weighted by Gasteiger charge is 2.32. The van der Waals surface area contributed by atoms with Crippen LogP contribution in [0.4, 0.5) is 4.79 Å². The highest BCUT2D eigenvalue weighted by Crippen LogP contribution is 2.28. The molecule has 0 aromatic heterocycles. The Bertz CT molecular complexity index is 897. The monoisotopic (exact) mass is 540 g/mol. The van der Waals surface area contributed by atoms with Crippen LogP contribution in [-0.2, 0) is 11.4 Å². The summed E-state index contributed by atoms with van der Waals surface area (Å²) in [5.74, 6) is 0.419. The molecule has 7 heteroatoms. The molecule has 0 atom stereocenters. The topological polar surface area (TPSA) is 58.6 Å². The van der Waals surface area contributed by atoms with E-state index >= 15 is 0 Å². The van der Waals surface area contributed by atoms with E-state index in [4.69, 9.17) is 4.74 Å².